The predicted octanol–water partition coefficient (Wildman–Crippen LogP) is 1.92. The van der Waals surface area contributed by atoms with E-state index in [4.69, 9.17) is 11.5 Å². The molecule has 0 saturated heterocycles. The number of anilines is 1. The van der Waals surface area contributed by atoms with Crippen molar-refractivity contribution in [2.24, 2.45) is 5.73 Å². The van der Waals surface area contributed by atoms with Gasteiger partial charge in [0.2, 0.25) is 0 Å². The molecule has 1 rings (SSSR count). The lowest BCUT2D eigenvalue weighted by molar-refractivity contribution is 0.100. The highest BCUT2D eigenvalue weighted by molar-refractivity contribution is 7.27. The van der Waals surface area contributed by atoms with Gasteiger partial charge in [-0.15, -0.1) is 9.24 Å². The fourth-order valence-corrected chi connectivity index (χ4v) is 1.29. The van der Waals surface area contributed by atoms with Gasteiger partial charge in [0.05, 0.1) is 5.56 Å². The third-order valence-electron chi connectivity index (χ3n) is 1.38. The molecule has 0 radical (unpaired) electrons. The lowest BCUT2D eigenvalue weighted by Crippen LogP contribution is -2.20. The van der Waals surface area contributed by atoms with Crippen LogP contribution in [0.1, 0.15) is 38.1 Å². The summed E-state index contributed by atoms with van der Waals surface area (Å²) in [5, 5.41) is 0.734. The lowest BCUT2D eigenvalue weighted by Gasteiger charge is -2.03. The average Bonchev–Trinajstić information content (AvgIpc) is 2.23. The highest BCUT2D eigenvalue weighted by atomic mass is 31.0. The highest BCUT2D eigenvalue weighted by Crippen LogP contribution is 2.09. The Hall–Kier alpha value is -1.08. The van der Waals surface area contributed by atoms with Crippen LogP contribution in [0.4, 0.5) is 5.69 Å². The van der Waals surface area contributed by atoms with E-state index < -0.39 is 5.91 Å². The summed E-state index contributed by atoms with van der Waals surface area (Å²) in [5.41, 5.74) is 11.4. The molecule has 1 amide bonds. The van der Waals surface area contributed by atoms with Crippen LogP contribution in [0.25, 0.3) is 0 Å². The van der Waals surface area contributed by atoms with E-state index in [1.165, 1.54) is 0 Å². The van der Waals surface area contributed by atoms with E-state index >= 15 is 0 Å². The fourth-order valence-electron chi connectivity index (χ4n) is 0.873. The molecular weight excluding hydrogens is 207 g/mol. The molecule has 0 bridgehead atoms. The second-order valence-corrected chi connectivity index (χ2v) is 2.80. The molecule has 1 unspecified atom stereocenters. The molecule has 0 aliphatic carbocycles. The summed E-state index contributed by atoms with van der Waals surface area (Å²) in [6.45, 7) is 8.00. The maximum Gasteiger partial charge on any atom is 0.251 e. The molecule has 0 fully saturated rings. The molecular formula is C11H21N2OP. The number of amides is 1. The van der Waals surface area contributed by atoms with Gasteiger partial charge in [-0.05, 0) is 11.4 Å². The van der Waals surface area contributed by atoms with Gasteiger partial charge in [0.1, 0.15) is 0 Å². The van der Waals surface area contributed by atoms with Crippen LogP contribution in [-0.4, -0.2) is 5.91 Å². The standard InChI is InChI=1S/C7H9N2OP.2C2H6/c8-4-2-1-3-5(11)6(4)7(9)10;2*1-2/h1-3H,8,11H2,(H2,9,10);2*1-2H3. The van der Waals surface area contributed by atoms with Gasteiger partial charge in [-0.2, -0.15) is 0 Å². The van der Waals surface area contributed by atoms with E-state index in [9.17, 15) is 4.79 Å². The maximum atomic E-state index is 10.8. The zero-order valence-electron chi connectivity index (χ0n) is 9.87. The number of benzene rings is 1. The summed E-state index contributed by atoms with van der Waals surface area (Å²) in [5.74, 6) is -0.492. The Bertz CT molecular complexity index is 280. The van der Waals surface area contributed by atoms with Gasteiger partial charge in [0.25, 0.3) is 5.91 Å². The summed E-state index contributed by atoms with van der Waals surface area (Å²) in [7, 11) is 2.41. The number of nitrogens with two attached hydrogens (primary N) is 2. The Kier molecular flexibility index (Phi) is 10.3. The summed E-state index contributed by atoms with van der Waals surface area (Å²) >= 11 is 0. The number of primary amides is 1. The van der Waals surface area contributed by atoms with Gasteiger partial charge in [-0.1, -0.05) is 39.8 Å². The summed E-state index contributed by atoms with van der Waals surface area (Å²) < 4.78 is 0. The largest absolute Gasteiger partial charge is 0.398 e. The number of hydrogen-bond donors (Lipinski definition) is 2. The zero-order chi connectivity index (χ0) is 12.4. The molecule has 0 aliphatic heterocycles. The minimum Gasteiger partial charge on any atom is -0.398 e. The van der Waals surface area contributed by atoms with Crippen molar-refractivity contribution in [2.45, 2.75) is 27.7 Å². The SMILES string of the molecule is CC.CC.NC(=O)c1c(N)cccc1P. The minimum absolute atomic E-state index is 0.387. The smallest absolute Gasteiger partial charge is 0.251 e. The van der Waals surface area contributed by atoms with Crippen molar-refractivity contribution in [3.63, 3.8) is 0 Å². The van der Waals surface area contributed by atoms with Crippen LogP contribution in [0.3, 0.4) is 0 Å². The molecule has 1 aromatic rings. The van der Waals surface area contributed by atoms with Crippen LogP contribution >= 0.6 is 9.24 Å². The first-order valence-corrected chi connectivity index (χ1v) is 5.64. The quantitative estimate of drug-likeness (QED) is 0.569. The summed E-state index contributed by atoms with van der Waals surface area (Å²) in [6, 6.07) is 5.18. The van der Waals surface area contributed by atoms with E-state index in [2.05, 4.69) is 9.24 Å². The Morgan fingerprint density at radius 1 is 1.20 bits per heavy atom. The Labute approximate surface area is 94.4 Å². The Balaban J connectivity index is 0. The van der Waals surface area contributed by atoms with Gasteiger partial charge < -0.3 is 11.5 Å². The molecule has 1 aromatic carbocycles. The molecule has 3 nitrogen and oxygen atoms in total. The summed E-state index contributed by atoms with van der Waals surface area (Å²) in [6.07, 6.45) is 0. The molecule has 0 heterocycles. The fraction of sp³-hybridized carbons (Fsp3) is 0.364. The van der Waals surface area contributed by atoms with Crippen LogP contribution < -0.4 is 16.8 Å². The van der Waals surface area contributed by atoms with Crippen LogP contribution in [0.5, 0.6) is 0 Å². The Morgan fingerprint density at radius 3 is 1.93 bits per heavy atom. The van der Waals surface area contributed by atoms with Crippen LogP contribution in [0.15, 0.2) is 18.2 Å². The topological polar surface area (TPSA) is 69.1 Å². The van der Waals surface area contributed by atoms with E-state index in [0.29, 0.717) is 11.3 Å². The van der Waals surface area contributed by atoms with Crippen LogP contribution in [0, 0.1) is 0 Å². The lowest BCUT2D eigenvalue weighted by atomic mass is 10.2. The van der Waals surface area contributed by atoms with Gasteiger partial charge in [-0.25, -0.2) is 0 Å². The van der Waals surface area contributed by atoms with Crippen molar-refractivity contribution in [1.29, 1.82) is 0 Å². The van der Waals surface area contributed by atoms with Crippen molar-refractivity contribution in [1.82, 2.24) is 0 Å². The van der Waals surface area contributed by atoms with Crippen molar-refractivity contribution < 1.29 is 4.79 Å². The van der Waals surface area contributed by atoms with E-state index in [1.54, 1.807) is 18.2 Å². The molecule has 1 atom stereocenters. The van der Waals surface area contributed by atoms with Gasteiger partial charge in [-0.3, -0.25) is 4.79 Å². The second-order valence-electron chi connectivity index (χ2n) is 2.18. The number of hydrogen-bond acceptors (Lipinski definition) is 2. The molecule has 15 heavy (non-hydrogen) atoms. The Morgan fingerprint density at radius 2 is 1.67 bits per heavy atom. The van der Waals surface area contributed by atoms with Crippen molar-refractivity contribution >= 4 is 26.1 Å². The third kappa shape index (κ3) is 5.38. The number of nitrogen functional groups attached to an aromatic ring is 1. The number of rotatable bonds is 1. The van der Waals surface area contributed by atoms with Crippen LogP contribution in [-0.2, 0) is 0 Å². The first kappa shape index (κ1) is 16.4. The molecule has 0 aromatic heterocycles. The molecule has 4 heteroatoms. The van der Waals surface area contributed by atoms with Gasteiger partial charge >= 0.3 is 0 Å². The molecule has 4 N–H and O–H groups in total. The summed E-state index contributed by atoms with van der Waals surface area (Å²) in [4.78, 5) is 10.8. The number of carbonyl (C=O) groups is 1. The normalized spacial score (nSPS) is 7.80. The van der Waals surface area contributed by atoms with Crippen molar-refractivity contribution in [3.05, 3.63) is 23.8 Å². The zero-order valence-corrected chi connectivity index (χ0v) is 11.0. The minimum atomic E-state index is -0.492. The van der Waals surface area contributed by atoms with Crippen LogP contribution in [0.2, 0.25) is 0 Å². The first-order chi connectivity index (χ1) is 7.13. The average molecular weight is 228 g/mol. The van der Waals surface area contributed by atoms with Crippen molar-refractivity contribution in [3.8, 4) is 0 Å². The van der Waals surface area contributed by atoms with Gasteiger partial charge in [0.15, 0.2) is 0 Å². The number of carbonyl (C=O) groups excluding carboxylic acids is 1. The molecule has 86 valence electrons. The third-order valence-corrected chi connectivity index (χ3v) is 1.86. The first-order valence-electron chi connectivity index (χ1n) is 5.06. The van der Waals surface area contributed by atoms with Crippen molar-refractivity contribution in [2.75, 3.05) is 5.73 Å². The van der Waals surface area contributed by atoms with Gasteiger partial charge in [0, 0.05) is 5.69 Å². The van der Waals surface area contributed by atoms with E-state index in [-0.39, 0.29) is 0 Å². The predicted molar refractivity (Wildman–Crippen MR) is 71.4 cm³/mol. The molecule has 0 spiro atoms. The second kappa shape index (κ2) is 9.47. The monoisotopic (exact) mass is 228 g/mol. The molecule has 0 aliphatic rings. The van der Waals surface area contributed by atoms with E-state index in [1.807, 2.05) is 27.7 Å². The molecule has 0 saturated carbocycles. The van der Waals surface area contributed by atoms with E-state index in [0.717, 1.165) is 5.30 Å². The maximum absolute atomic E-state index is 10.8. The highest BCUT2D eigenvalue weighted by Gasteiger charge is 2.07.